The van der Waals surface area contributed by atoms with Gasteiger partial charge in [0, 0.05) is 23.4 Å². The van der Waals surface area contributed by atoms with E-state index in [1.807, 2.05) is 7.05 Å². The molecule has 0 radical (unpaired) electrons. The number of amides is 1. The number of hydrogen-bond acceptors (Lipinski definition) is 4. The number of H-pyrrole nitrogens is 1. The molecule has 160 valence electrons. The summed E-state index contributed by atoms with van der Waals surface area (Å²) in [5, 5.41) is 10.5. The third kappa shape index (κ3) is 4.24. The summed E-state index contributed by atoms with van der Waals surface area (Å²) in [6.07, 6.45) is 1.58. The van der Waals surface area contributed by atoms with E-state index in [0.29, 0.717) is 22.3 Å². The van der Waals surface area contributed by atoms with E-state index in [2.05, 4.69) is 20.4 Å². The Morgan fingerprint density at radius 1 is 1.20 bits per heavy atom. The minimum absolute atomic E-state index is 0. The van der Waals surface area contributed by atoms with Crippen LogP contribution in [-0.2, 0) is 4.79 Å². The lowest BCUT2D eigenvalue weighted by molar-refractivity contribution is -0.121. The minimum atomic E-state index is -0.721. The minimum Gasteiger partial charge on any atom is -0.497 e. The molecule has 2 N–H and O–H groups in total. The highest BCUT2D eigenvalue weighted by molar-refractivity contribution is 6.01. The second kappa shape index (κ2) is 8.97. The number of benzene rings is 2. The summed E-state index contributed by atoms with van der Waals surface area (Å²) in [4.78, 5) is 14.8. The Kier molecular flexibility index (Phi) is 6.58. The first-order valence-corrected chi connectivity index (χ1v) is 9.47. The number of piperidine rings is 1. The second-order valence-corrected chi connectivity index (χ2v) is 7.37. The molecule has 3 aromatic rings. The van der Waals surface area contributed by atoms with Gasteiger partial charge in [0.1, 0.15) is 17.4 Å². The van der Waals surface area contributed by atoms with Crippen molar-refractivity contribution in [2.45, 2.75) is 12.8 Å². The number of aromatic nitrogens is 2. The Morgan fingerprint density at radius 2 is 1.87 bits per heavy atom. The van der Waals surface area contributed by atoms with Gasteiger partial charge in [-0.15, -0.1) is 12.4 Å². The molecule has 0 bridgehead atoms. The van der Waals surface area contributed by atoms with Gasteiger partial charge < -0.3 is 15.0 Å². The van der Waals surface area contributed by atoms with E-state index in [1.54, 1.807) is 18.2 Å². The Balaban J connectivity index is 0.00000256. The molecule has 0 aliphatic carbocycles. The molecule has 1 amide bonds. The summed E-state index contributed by atoms with van der Waals surface area (Å²) in [6, 6.07) is 7.20. The van der Waals surface area contributed by atoms with Crippen LogP contribution in [0.2, 0.25) is 0 Å². The maximum absolute atomic E-state index is 14.5. The van der Waals surface area contributed by atoms with Crippen molar-refractivity contribution in [2.75, 3.05) is 32.6 Å². The standard InChI is InChI=1S/C21H22F2N4O2.ClH/c1-27-7-5-12(6-8-27)21(28)24-20-15-9-13(3-4-18(15)25-26-20)19-16(22)10-14(29-2)11-17(19)23;/h3-4,9-12H,5-8H2,1-2H3,(H2,24,25,26,28);1H. The number of nitrogens with one attached hydrogen (secondary N) is 2. The summed E-state index contributed by atoms with van der Waals surface area (Å²) in [6.45, 7) is 1.75. The summed E-state index contributed by atoms with van der Waals surface area (Å²) in [5.74, 6) is -1.13. The first kappa shape index (κ1) is 22.0. The second-order valence-electron chi connectivity index (χ2n) is 7.37. The molecule has 4 rings (SSSR count). The summed E-state index contributed by atoms with van der Waals surface area (Å²) >= 11 is 0. The topological polar surface area (TPSA) is 70.2 Å². The predicted octanol–water partition coefficient (Wildman–Crippen LogP) is 4.22. The number of aromatic amines is 1. The third-order valence-electron chi connectivity index (χ3n) is 5.43. The molecule has 2 heterocycles. The fraction of sp³-hybridized carbons (Fsp3) is 0.333. The molecular weight excluding hydrogens is 414 g/mol. The van der Waals surface area contributed by atoms with Crippen LogP contribution >= 0.6 is 12.4 Å². The maximum Gasteiger partial charge on any atom is 0.228 e. The third-order valence-corrected chi connectivity index (χ3v) is 5.43. The molecule has 0 saturated carbocycles. The van der Waals surface area contributed by atoms with Crippen molar-refractivity contribution >= 4 is 35.0 Å². The Morgan fingerprint density at radius 3 is 2.50 bits per heavy atom. The molecule has 1 aliphatic heterocycles. The molecular formula is C21H23ClF2N4O2. The Labute approximate surface area is 179 Å². The van der Waals surface area contributed by atoms with Crippen molar-refractivity contribution in [3.8, 4) is 16.9 Å². The van der Waals surface area contributed by atoms with Crippen LogP contribution in [0.25, 0.3) is 22.0 Å². The van der Waals surface area contributed by atoms with Gasteiger partial charge in [-0.25, -0.2) is 8.78 Å². The highest BCUT2D eigenvalue weighted by atomic mass is 35.5. The van der Waals surface area contributed by atoms with Crippen molar-refractivity contribution in [3.05, 3.63) is 42.0 Å². The summed E-state index contributed by atoms with van der Waals surface area (Å²) < 4.78 is 33.9. The highest BCUT2D eigenvalue weighted by Crippen LogP contribution is 2.33. The largest absolute Gasteiger partial charge is 0.497 e. The lowest BCUT2D eigenvalue weighted by Crippen LogP contribution is -2.36. The number of nitrogens with zero attached hydrogens (tertiary/aromatic N) is 2. The predicted molar refractivity (Wildman–Crippen MR) is 114 cm³/mol. The molecule has 1 aliphatic rings. The summed E-state index contributed by atoms with van der Waals surface area (Å²) in [7, 11) is 3.39. The van der Waals surface area contributed by atoms with Crippen LogP contribution in [0.4, 0.5) is 14.6 Å². The van der Waals surface area contributed by atoms with Gasteiger partial charge >= 0.3 is 0 Å². The van der Waals surface area contributed by atoms with E-state index < -0.39 is 11.6 Å². The highest BCUT2D eigenvalue weighted by Gasteiger charge is 2.24. The number of rotatable bonds is 4. The van der Waals surface area contributed by atoms with Gasteiger partial charge in [-0.1, -0.05) is 6.07 Å². The van der Waals surface area contributed by atoms with Crippen molar-refractivity contribution in [1.82, 2.24) is 15.1 Å². The van der Waals surface area contributed by atoms with E-state index in [1.165, 1.54) is 7.11 Å². The smallest absolute Gasteiger partial charge is 0.228 e. The molecule has 2 aromatic carbocycles. The lowest BCUT2D eigenvalue weighted by Gasteiger charge is -2.27. The van der Waals surface area contributed by atoms with Gasteiger partial charge in [-0.3, -0.25) is 9.89 Å². The average molecular weight is 437 g/mol. The van der Waals surface area contributed by atoms with E-state index in [9.17, 15) is 13.6 Å². The first-order chi connectivity index (χ1) is 14.0. The van der Waals surface area contributed by atoms with E-state index in [-0.39, 0.29) is 35.5 Å². The molecule has 1 aromatic heterocycles. The molecule has 9 heteroatoms. The normalized spacial score (nSPS) is 15.1. The molecule has 6 nitrogen and oxygen atoms in total. The zero-order valence-electron chi connectivity index (χ0n) is 16.7. The fourth-order valence-corrected chi connectivity index (χ4v) is 3.70. The number of anilines is 1. The van der Waals surface area contributed by atoms with Crippen LogP contribution in [0.1, 0.15) is 12.8 Å². The van der Waals surface area contributed by atoms with Crippen molar-refractivity contribution < 1.29 is 18.3 Å². The monoisotopic (exact) mass is 436 g/mol. The number of ether oxygens (including phenoxy) is 1. The number of hydrogen-bond donors (Lipinski definition) is 2. The van der Waals surface area contributed by atoms with Gasteiger partial charge in [0.05, 0.1) is 18.2 Å². The average Bonchev–Trinajstić information content (AvgIpc) is 3.10. The van der Waals surface area contributed by atoms with Gasteiger partial charge in [0.15, 0.2) is 5.82 Å². The van der Waals surface area contributed by atoms with E-state index >= 15 is 0 Å². The van der Waals surface area contributed by atoms with Gasteiger partial charge in [0.2, 0.25) is 5.91 Å². The van der Waals surface area contributed by atoms with Gasteiger partial charge in [0.25, 0.3) is 0 Å². The molecule has 0 spiro atoms. The zero-order chi connectivity index (χ0) is 20.5. The first-order valence-electron chi connectivity index (χ1n) is 9.47. The Hall–Kier alpha value is -2.71. The number of halogens is 3. The van der Waals surface area contributed by atoms with E-state index in [4.69, 9.17) is 4.74 Å². The van der Waals surface area contributed by atoms with Crippen LogP contribution < -0.4 is 10.1 Å². The SMILES string of the molecule is COc1cc(F)c(-c2ccc3[nH]nc(NC(=O)C4CCN(C)CC4)c3c2)c(F)c1.Cl. The number of fused-ring (bicyclic) bond motifs is 1. The quantitative estimate of drug-likeness (QED) is 0.642. The molecule has 0 unspecified atom stereocenters. The fourth-order valence-electron chi connectivity index (χ4n) is 3.70. The van der Waals surface area contributed by atoms with Gasteiger partial charge in [-0.2, -0.15) is 5.10 Å². The number of methoxy groups -OCH3 is 1. The number of carbonyl (C=O) groups excluding carboxylic acids is 1. The van der Waals surface area contributed by atoms with Crippen LogP contribution in [0.5, 0.6) is 5.75 Å². The number of likely N-dealkylation sites (tertiary alicyclic amines) is 1. The lowest BCUT2D eigenvalue weighted by atomic mass is 9.96. The van der Waals surface area contributed by atoms with Crippen molar-refractivity contribution in [2.24, 2.45) is 5.92 Å². The van der Waals surface area contributed by atoms with Crippen molar-refractivity contribution in [1.29, 1.82) is 0 Å². The summed E-state index contributed by atoms with van der Waals surface area (Å²) in [5.41, 5.74) is 0.870. The van der Waals surface area contributed by atoms with Crippen LogP contribution in [0.3, 0.4) is 0 Å². The van der Waals surface area contributed by atoms with Crippen molar-refractivity contribution in [3.63, 3.8) is 0 Å². The maximum atomic E-state index is 14.5. The molecule has 30 heavy (non-hydrogen) atoms. The number of carbonyl (C=O) groups is 1. The molecule has 0 atom stereocenters. The van der Waals surface area contributed by atoms with Gasteiger partial charge in [-0.05, 0) is 50.7 Å². The van der Waals surface area contributed by atoms with Crippen LogP contribution in [0, 0.1) is 17.6 Å². The van der Waals surface area contributed by atoms with Crippen LogP contribution in [-0.4, -0.2) is 48.3 Å². The van der Waals surface area contributed by atoms with E-state index in [0.717, 1.165) is 38.1 Å². The molecule has 1 fully saturated rings. The Bertz CT molecular complexity index is 1040. The zero-order valence-corrected chi connectivity index (χ0v) is 17.5. The molecule has 1 saturated heterocycles. The van der Waals surface area contributed by atoms with Crippen LogP contribution in [0.15, 0.2) is 30.3 Å².